The topological polar surface area (TPSA) is 35.2 Å². The van der Waals surface area contributed by atoms with Crippen molar-refractivity contribution in [2.75, 3.05) is 0 Å². The first-order valence-corrected chi connectivity index (χ1v) is 6.31. The van der Waals surface area contributed by atoms with Crippen LogP contribution < -0.4 is 5.73 Å². The van der Waals surface area contributed by atoms with Crippen LogP contribution in [0.25, 0.3) is 11.1 Å². The number of ether oxygens (including phenoxy) is 1. The summed E-state index contributed by atoms with van der Waals surface area (Å²) < 4.78 is 5.62. The molecule has 0 spiro atoms. The summed E-state index contributed by atoms with van der Waals surface area (Å²) >= 11 is 0. The molecule has 0 amide bonds. The molecule has 94 valence electrons. The summed E-state index contributed by atoms with van der Waals surface area (Å²) in [7, 11) is 0. The highest BCUT2D eigenvalue weighted by Gasteiger charge is 2.06. The van der Waals surface area contributed by atoms with Gasteiger partial charge in [0, 0.05) is 0 Å². The molecule has 0 aromatic heterocycles. The van der Waals surface area contributed by atoms with Gasteiger partial charge in [-0.3, -0.25) is 0 Å². The zero-order valence-electron chi connectivity index (χ0n) is 10.7. The van der Waals surface area contributed by atoms with E-state index in [1.165, 1.54) is 16.7 Å². The van der Waals surface area contributed by atoms with E-state index >= 15 is 0 Å². The first-order chi connectivity index (χ1) is 8.81. The van der Waals surface area contributed by atoms with Crippen molar-refractivity contribution in [1.29, 1.82) is 0 Å². The lowest BCUT2D eigenvalue weighted by Gasteiger charge is -2.13. The molecule has 0 aliphatic heterocycles. The summed E-state index contributed by atoms with van der Waals surface area (Å²) in [6, 6.07) is 18.6. The van der Waals surface area contributed by atoms with Gasteiger partial charge in [-0.25, -0.2) is 0 Å². The molecule has 0 aliphatic carbocycles. The largest absolute Gasteiger partial charge is 0.359 e. The monoisotopic (exact) mass is 241 g/mol. The molecule has 1 unspecified atom stereocenters. The summed E-state index contributed by atoms with van der Waals surface area (Å²) in [5, 5.41) is 0. The van der Waals surface area contributed by atoms with Gasteiger partial charge in [0.2, 0.25) is 0 Å². The zero-order chi connectivity index (χ0) is 12.8. The molecule has 0 bridgehead atoms. The molecular formula is C16H19NO. The Hall–Kier alpha value is -1.64. The fourth-order valence-electron chi connectivity index (χ4n) is 1.86. The van der Waals surface area contributed by atoms with E-state index in [4.69, 9.17) is 10.5 Å². The lowest BCUT2D eigenvalue weighted by Crippen LogP contribution is -2.22. The second kappa shape index (κ2) is 6.34. The van der Waals surface area contributed by atoms with E-state index < -0.39 is 0 Å². The van der Waals surface area contributed by atoms with Crippen molar-refractivity contribution >= 4 is 0 Å². The second-order valence-corrected chi connectivity index (χ2v) is 4.28. The fourth-order valence-corrected chi connectivity index (χ4v) is 1.86. The molecule has 1 atom stereocenters. The van der Waals surface area contributed by atoms with Crippen molar-refractivity contribution in [3.05, 3.63) is 60.2 Å². The predicted octanol–water partition coefficient (Wildman–Crippen LogP) is 3.57. The van der Waals surface area contributed by atoms with Crippen molar-refractivity contribution in [2.45, 2.75) is 26.2 Å². The lowest BCUT2D eigenvalue weighted by molar-refractivity contribution is 0.0429. The van der Waals surface area contributed by atoms with Gasteiger partial charge in [-0.1, -0.05) is 61.5 Å². The minimum Gasteiger partial charge on any atom is -0.359 e. The maximum Gasteiger partial charge on any atom is 0.105 e. The Kier molecular flexibility index (Phi) is 4.51. The van der Waals surface area contributed by atoms with Crippen LogP contribution >= 0.6 is 0 Å². The Morgan fingerprint density at radius 1 is 1.00 bits per heavy atom. The standard InChI is InChI=1S/C16H19NO/c1-2-16(17)18-12-14-10-6-7-11-15(14)13-8-4-3-5-9-13/h3-11,16H,2,12,17H2,1H3. The van der Waals surface area contributed by atoms with Gasteiger partial charge in [0.1, 0.15) is 6.23 Å². The molecule has 0 fully saturated rings. The summed E-state index contributed by atoms with van der Waals surface area (Å²) in [5.74, 6) is 0. The number of nitrogens with two attached hydrogens (primary N) is 1. The van der Waals surface area contributed by atoms with Crippen LogP contribution in [-0.4, -0.2) is 6.23 Å². The van der Waals surface area contributed by atoms with Crippen LogP contribution in [0.2, 0.25) is 0 Å². The number of rotatable bonds is 5. The Bertz CT molecular complexity index is 481. The molecule has 2 heteroatoms. The highest BCUT2D eigenvalue weighted by Crippen LogP contribution is 2.24. The van der Waals surface area contributed by atoms with Crippen molar-refractivity contribution in [3.63, 3.8) is 0 Å². The molecule has 2 N–H and O–H groups in total. The average molecular weight is 241 g/mol. The zero-order valence-corrected chi connectivity index (χ0v) is 10.7. The van der Waals surface area contributed by atoms with Crippen molar-refractivity contribution in [1.82, 2.24) is 0 Å². The minimum absolute atomic E-state index is 0.186. The highest BCUT2D eigenvalue weighted by molar-refractivity contribution is 5.66. The fraction of sp³-hybridized carbons (Fsp3) is 0.250. The van der Waals surface area contributed by atoms with E-state index in [0.717, 1.165) is 6.42 Å². The summed E-state index contributed by atoms with van der Waals surface area (Å²) in [5.41, 5.74) is 9.38. The average Bonchev–Trinajstić information content (AvgIpc) is 2.46. The van der Waals surface area contributed by atoms with E-state index in [2.05, 4.69) is 24.3 Å². The van der Waals surface area contributed by atoms with Gasteiger partial charge >= 0.3 is 0 Å². The molecule has 2 aromatic carbocycles. The Morgan fingerprint density at radius 2 is 1.67 bits per heavy atom. The van der Waals surface area contributed by atoms with Gasteiger partial charge in [-0.15, -0.1) is 0 Å². The van der Waals surface area contributed by atoms with Crippen LogP contribution in [0.1, 0.15) is 18.9 Å². The van der Waals surface area contributed by atoms with E-state index in [1.807, 2.05) is 37.3 Å². The van der Waals surface area contributed by atoms with E-state index in [-0.39, 0.29) is 6.23 Å². The first kappa shape index (κ1) is 12.8. The smallest absolute Gasteiger partial charge is 0.105 e. The van der Waals surface area contributed by atoms with Crippen molar-refractivity contribution < 1.29 is 4.74 Å². The lowest BCUT2D eigenvalue weighted by atomic mass is 10.0. The van der Waals surface area contributed by atoms with Gasteiger partial charge < -0.3 is 10.5 Å². The van der Waals surface area contributed by atoms with Gasteiger partial charge in [0.05, 0.1) is 6.61 Å². The van der Waals surface area contributed by atoms with Crippen molar-refractivity contribution in [3.8, 4) is 11.1 Å². The van der Waals surface area contributed by atoms with Crippen LogP contribution in [0.4, 0.5) is 0 Å². The summed E-state index contributed by atoms with van der Waals surface area (Å²) in [6.45, 7) is 2.58. The maximum atomic E-state index is 5.79. The Morgan fingerprint density at radius 3 is 2.39 bits per heavy atom. The van der Waals surface area contributed by atoms with Crippen LogP contribution in [0.15, 0.2) is 54.6 Å². The molecule has 18 heavy (non-hydrogen) atoms. The summed E-state index contributed by atoms with van der Waals surface area (Å²) in [4.78, 5) is 0. The first-order valence-electron chi connectivity index (χ1n) is 6.31. The molecule has 0 saturated heterocycles. The SMILES string of the molecule is CCC(N)OCc1ccccc1-c1ccccc1. The third-order valence-corrected chi connectivity index (χ3v) is 2.96. The molecular weight excluding hydrogens is 222 g/mol. The third-order valence-electron chi connectivity index (χ3n) is 2.96. The third kappa shape index (κ3) is 3.19. The summed E-state index contributed by atoms with van der Waals surface area (Å²) in [6.07, 6.45) is 0.641. The Labute approximate surface area is 108 Å². The number of benzene rings is 2. The quantitative estimate of drug-likeness (QED) is 0.812. The second-order valence-electron chi connectivity index (χ2n) is 4.28. The van der Waals surface area contributed by atoms with Gasteiger partial charge in [-0.2, -0.15) is 0 Å². The maximum absolute atomic E-state index is 5.79. The van der Waals surface area contributed by atoms with Gasteiger partial charge in [0.15, 0.2) is 0 Å². The molecule has 0 radical (unpaired) electrons. The molecule has 0 aliphatic rings. The highest BCUT2D eigenvalue weighted by atomic mass is 16.5. The van der Waals surface area contributed by atoms with Crippen molar-refractivity contribution in [2.24, 2.45) is 5.73 Å². The van der Waals surface area contributed by atoms with Crippen LogP contribution in [0, 0.1) is 0 Å². The van der Waals surface area contributed by atoms with E-state index in [9.17, 15) is 0 Å². The van der Waals surface area contributed by atoms with Gasteiger partial charge in [0.25, 0.3) is 0 Å². The van der Waals surface area contributed by atoms with E-state index in [0.29, 0.717) is 6.61 Å². The number of hydrogen-bond acceptors (Lipinski definition) is 2. The molecule has 2 nitrogen and oxygen atoms in total. The molecule has 0 heterocycles. The number of hydrogen-bond donors (Lipinski definition) is 1. The van der Waals surface area contributed by atoms with E-state index in [1.54, 1.807) is 0 Å². The van der Waals surface area contributed by atoms with Gasteiger partial charge in [-0.05, 0) is 23.1 Å². The van der Waals surface area contributed by atoms with Crippen LogP contribution in [0.5, 0.6) is 0 Å². The molecule has 2 rings (SSSR count). The molecule has 0 saturated carbocycles. The van der Waals surface area contributed by atoms with Crippen LogP contribution in [0.3, 0.4) is 0 Å². The predicted molar refractivity (Wildman–Crippen MR) is 74.9 cm³/mol. The normalized spacial score (nSPS) is 12.3. The minimum atomic E-state index is -0.186. The molecule has 2 aromatic rings. The van der Waals surface area contributed by atoms with Crippen LogP contribution in [-0.2, 0) is 11.3 Å². The Balaban J connectivity index is 2.21.